The standard InChI is InChI=1S/C30H47N5O2/c1-23(2)20-29(37)35-15-9-14-32(21-24(3)4)18-19-34(22-26-10-7-8-11-27(26)35)28(36)12-16-33-17-13-31-30(33)25(5)6/h7-8,10-11,13,17,23-25H,9,12,14-16,18-22H2,1-6H3. The molecule has 1 aliphatic rings. The van der Waals surface area contributed by atoms with E-state index in [0.717, 1.165) is 43.1 Å². The molecule has 1 aromatic carbocycles. The quantitative estimate of drug-likeness (QED) is 0.493. The highest BCUT2D eigenvalue weighted by Gasteiger charge is 2.24. The van der Waals surface area contributed by atoms with Crippen molar-refractivity contribution in [1.82, 2.24) is 19.4 Å². The summed E-state index contributed by atoms with van der Waals surface area (Å²) in [6.45, 7) is 18.2. The van der Waals surface area contributed by atoms with E-state index in [1.807, 2.05) is 40.4 Å². The minimum atomic E-state index is 0.141. The van der Waals surface area contributed by atoms with E-state index >= 15 is 0 Å². The second-order valence-corrected chi connectivity index (χ2v) is 11.5. The summed E-state index contributed by atoms with van der Waals surface area (Å²) in [7, 11) is 0. The Bertz CT molecular complexity index is 1010. The molecule has 0 saturated carbocycles. The number of nitrogens with zero attached hydrogens (tertiary/aromatic N) is 5. The van der Waals surface area contributed by atoms with Gasteiger partial charge in [-0.1, -0.05) is 59.7 Å². The fourth-order valence-electron chi connectivity index (χ4n) is 5.15. The van der Waals surface area contributed by atoms with Crippen molar-refractivity contribution in [2.75, 3.05) is 37.6 Å². The number of fused-ring (bicyclic) bond motifs is 1. The van der Waals surface area contributed by atoms with Gasteiger partial charge in [0.05, 0.1) is 0 Å². The Morgan fingerprint density at radius 3 is 2.38 bits per heavy atom. The van der Waals surface area contributed by atoms with Crippen LogP contribution in [0.15, 0.2) is 36.7 Å². The lowest BCUT2D eigenvalue weighted by atomic mass is 10.1. The van der Waals surface area contributed by atoms with Gasteiger partial charge in [-0.15, -0.1) is 0 Å². The summed E-state index contributed by atoms with van der Waals surface area (Å²) in [4.78, 5) is 37.8. The van der Waals surface area contributed by atoms with Crippen LogP contribution in [0.3, 0.4) is 0 Å². The largest absolute Gasteiger partial charge is 0.337 e. The molecule has 1 aliphatic heterocycles. The average Bonchev–Trinajstić information content (AvgIpc) is 3.30. The number of rotatable bonds is 8. The molecule has 7 nitrogen and oxygen atoms in total. The third-order valence-corrected chi connectivity index (χ3v) is 6.88. The van der Waals surface area contributed by atoms with E-state index in [1.165, 1.54) is 0 Å². The van der Waals surface area contributed by atoms with Crippen molar-refractivity contribution in [1.29, 1.82) is 0 Å². The number of aromatic nitrogens is 2. The zero-order valence-corrected chi connectivity index (χ0v) is 23.8. The molecule has 0 aliphatic carbocycles. The van der Waals surface area contributed by atoms with Gasteiger partial charge in [0.1, 0.15) is 5.82 Å². The molecule has 0 atom stereocenters. The lowest BCUT2D eigenvalue weighted by Gasteiger charge is -2.29. The lowest BCUT2D eigenvalue weighted by Crippen LogP contribution is -2.40. The summed E-state index contributed by atoms with van der Waals surface area (Å²) in [5.41, 5.74) is 1.98. The number of hydrogen-bond acceptors (Lipinski definition) is 4. The second kappa shape index (κ2) is 13.8. The number of carbonyl (C=O) groups excluding carboxylic acids is 2. The third kappa shape index (κ3) is 8.42. The Labute approximate surface area is 223 Å². The topological polar surface area (TPSA) is 61.7 Å². The molecule has 1 aromatic heterocycles. The van der Waals surface area contributed by atoms with Gasteiger partial charge in [0.2, 0.25) is 11.8 Å². The van der Waals surface area contributed by atoms with E-state index in [-0.39, 0.29) is 11.8 Å². The van der Waals surface area contributed by atoms with E-state index in [0.29, 0.717) is 56.8 Å². The molecule has 0 spiro atoms. The molecular weight excluding hydrogens is 462 g/mol. The van der Waals surface area contributed by atoms with Gasteiger partial charge in [-0.3, -0.25) is 9.59 Å². The maximum absolute atomic E-state index is 13.6. The van der Waals surface area contributed by atoms with Gasteiger partial charge < -0.3 is 19.3 Å². The zero-order valence-electron chi connectivity index (χ0n) is 23.8. The van der Waals surface area contributed by atoms with E-state index in [2.05, 4.69) is 62.1 Å². The first-order valence-corrected chi connectivity index (χ1v) is 14.0. The molecule has 2 heterocycles. The maximum atomic E-state index is 13.6. The van der Waals surface area contributed by atoms with E-state index in [9.17, 15) is 9.59 Å². The Hall–Kier alpha value is -2.67. The number of para-hydroxylation sites is 1. The number of imidazole rings is 1. The minimum Gasteiger partial charge on any atom is -0.337 e. The summed E-state index contributed by atoms with van der Waals surface area (Å²) >= 11 is 0. The van der Waals surface area contributed by atoms with Crippen LogP contribution >= 0.6 is 0 Å². The van der Waals surface area contributed by atoms with E-state index in [4.69, 9.17) is 0 Å². The number of hydrogen-bond donors (Lipinski definition) is 0. The lowest BCUT2D eigenvalue weighted by molar-refractivity contribution is -0.132. The van der Waals surface area contributed by atoms with Crippen molar-refractivity contribution in [2.45, 2.75) is 79.8 Å². The first-order valence-electron chi connectivity index (χ1n) is 14.0. The van der Waals surface area contributed by atoms with Gasteiger partial charge in [-0.25, -0.2) is 4.98 Å². The van der Waals surface area contributed by atoms with Crippen molar-refractivity contribution in [2.24, 2.45) is 11.8 Å². The van der Waals surface area contributed by atoms with Gasteiger partial charge in [0.15, 0.2) is 0 Å². The van der Waals surface area contributed by atoms with Crippen molar-refractivity contribution in [3.63, 3.8) is 0 Å². The predicted molar refractivity (Wildman–Crippen MR) is 150 cm³/mol. The smallest absolute Gasteiger partial charge is 0.227 e. The number of anilines is 1. The molecule has 0 fully saturated rings. The van der Waals surface area contributed by atoms with Crippen molar-refractivity contribution < 1.29 is 9.59 Å². The van der Waals surface area contributed by atoms with Gasteiger partial charge in [0, 0.05) is 76.1 Å². The van der Waals surface area contributed by atoms with Crippen LogP contribution in [-0.4, -0.2) is 63.9 Å². The molecule has 0 saturated heterocycles. The minimum absolute atomic E-state index is 0.141. The Balaban J connectivity index is 1.87. The van der Waals surface area contributed by atoms with Crippen LogP contribution in [0.1, 0.15) is 78.1 Å². The second-order valence-electron chi connectivity index (χ2n) is 11.5. The van der Waals surface area contributed by atoms with Gasteiger partial charge in [-0.05, 0) is 36.4 Å². The molecular formula is C30H47N5O2. The van der Waals surface area contributed by atoms with Gasteiger partial charge in [-0.2, -0.15) is 0 Å². The highest BCUT2D eigenvalue weighted by molar-refractivity contribution is 5.94. The van der Waals surface area contributed by atoms with Crippen LogP contribution in [-0.2, 0) is 22.7 Å². The highest BCUT2D eigenvalue weighted by atomic mass is 16.2. The van der Waals surface area contributed by atoms with Crippen molar-refractivity contribution in [3.05, 3.63) is 48.0 Å². The van der Waals surface area contributed by atoms with Crippen LogP contribution in [0.4, 0.5) is 5.69 Å². The van der Waals surface area contributed by atoms with E-state index in [1.54, 1.807) is 0 Å². The van der Waals surface area contributed by atoms with Crippen LogP contribution in [0.5, 0.6) is 0 Å². The molecule has 204 valence electrons. The van der Waals surface area contributed by atoms with E-state index < -0.39 is 0 Å². The molecule has 2 amide bonds. The Kier molecular flexibility index (Phi) is 10.7. The Morgan fingerprint density at radius 1 is 0.919 bits per heavy atom. The molecule has 0 bridgehead atoms. The third-order valence-electron chi connectivity index (χ3n) is 6.88. The number of aryl methyl sites for hydroxylation is 1. The van der Waals surface area contributed by atoms with Crippen LogP contribution < -0.4 is 4.90 Å². The Morgan fingerprint density at radius 2 is 1.68 bits per heavy atom. The average molecular weight is 510 g/mol. The zero-order chi connectivity index (χ0) is 26.9. The first kappa shape index (κ1) is 28.9. The monoisotopic (exact) mass is 509 g/mol. The molecule has 0 N–H and O–H groups in total. The fourth-order valence-corrected chi connectivity index (χ4v) is 5.15. The molecule has 0 radical (unpaired) electrons. The summed E-state index contributed by atoms with van der Waals surface area (Å²) in [5, 5.41) is 0. The molecule has 3 rings (SSSR count). The van der Waals surface area contributed by atoms with Crippen LogP contribution in [0.25, 0.3) is 0 Å². The predicted octanol–water partition coefficient (Wildman–Crippen LogP) is 5.17. The number of carbonyl (C=O) groups is 2. The summed E-state index contributed by atoms with van der Waals surface area (Å²) in [6.07, 6.45) is 5.65. The number of amides is 2. The van der Waals surface area contributed by atoms with Crippen LogP contribution in [0, 0.1) is 11.8 Å². The number of benzene rings is 1. The normalized spacial score (nSPS) is 15.8. The van der Waals surface area contributed by atoms with Crippen molar-refractivity contribution in [3.8, 4) is 0 Å². The molecule has 2 aromatic rings. The summed E-state index contributed by atoms with van der Waals surface area (Å²) in [5.74, 6) is 2.47. The SMILES string of the molecule is CC(C)CC(=O)N1CCCN(CC(C)C)CCN(C(=O)CCn2ccnc2C(C)C)Cc2ccccc21. The maximum Gasteiger partial charge on any atom is 0.227 e. The molecule has 0 unspecified atom stereocenters. The van der Waals surface area contributed by atoms with Crippen molar-refractivity contribution >= 4 is 17.5 Å². The molecule has 37 heavy (non-hydrogen) atoms. The molecule has 7 heteroatoms. The van der Waals surface area contributed by atoms with Crippen LogP contribution in [0.2, 0.25) is 0 Å². The summed E-state index contributed by atoms with van der Waals surface area (Å²) in [6, 6.07) is 8.12. The first-order chi connectivity index (χ1) is 17.7. The summed E-state index contributed by atoms with van der Waals surface area (Å²) < 4.78 is 2.10. The fraction of sp³-hybridized carbons (Fsp3) is 0.633. The highest BCUT2D eigenvalue weighted by Crippen LogP contribution is 2.25. The van der Waals surface area contributed by atoms with Gasteiger partial charge >= 0.3 is 0 Å². The van der Waals surface area contributed by atoms with Gasteiger partial charge in [0.25, 0.3) is 0 Å².